The van der Waals surface area contributed by atoms with Crippen LogP contribution in [0.25, 0.3) is 16.3 Å². The number of halogens is 2. The molecule has 0 saturated carbocycles. The van der Waals surface area contributed by atoms with Crippen LogP contribution in [0.1, 0.15) is 5.56 Å². The van der Waals surface area contributed by atoms with Crippen molar-refractivity contribution in [2.24, 2.45) is 0 Å². The molecule has 0 unspecified atom stereocenters. The summed E-state index contributed by atoms with van der Waals surface area (Å²) in [4.78, 5) is 0.853. The lowest BCUT2D eigenvalue weighted by atomic mass is 10.3. The highest BCUT2D eigenvalue weighted by Crippen LogP contribution is 2.35. The van der Waals surface area contributed by atoms with Crippen LogP contribution in [-0.2, 0) is 0 Å². The average molecular weight is 285 g/mol. The monoisotopic (exact) mass is 284 g/mol. The summed E-state index contributed by atoms with van der Waals surface area (Å²) in [6.07, 6.45) is 0. The third-order valence-electron chi connectivity index (χ3n) is 2.33. The number of hydrogen-bond acceptors (Lipinski definition) is 4. The van der Waals surface area contributed by atoms with Gasteiger partial charge in [0.1, 0.15) is 5.15 Å². The molecule has 0 bridgehead atoms. The molecule has 7 heteroatoms. The lowest BCUT2D eigenvalue weighted by Gasteiger charge is -1.97. The number of nitrogens with zero attached hydrogens (tertiary/aromatic N) is 4. The van der Waals surface area contributed by atoms with Crippen molar-refractivity contribution in [1.82, 2.24) is 19.8 Å². The molecule has 86 valence electrons. The highest BCUT2D eigenvalue weighted by Gasteiger charge is 2.15. The molecule has 0 fully saturated rings. The normalized spacial score (nSPS) is 11.2. The molecule has 0 atom stereocenters. The van der Waals surface area contributed by atoms with Crippen LogP contribution in [0.4, 0.5) is 0 Å². The van der Waals surface area contributed by atoms with Gasteiger partial charge in [-0.25, -0.2) is 0 Å². The van der Waals surface area contributed by atoms with E-state index in [2.05, 4.69) is 15.3 Å². The largest absolute Gasteiger partial charge is 0.196 e. The van der Waals surface area contributed by atoms with Crippen molar-refractivity contribution in [2.75, 3.05) is 0 Å². The van der Waals surface area contributed by atoms with E-state index in [-0.39, 0.29) is 0 Å². The number of aryl methyl sites for hydroxylation is 1. The molecule has 0 amide bonds. The van der Waals surface area contributed by atoms with Crippen molar-refractivity contribution in [1.29, 1.82) is 0 Å². The van der Waals surface area contributed by atoms with E-state index in [9.17, 15) is 0 Å². The molecule has 3 aromatic heterocycles. The molecule has 0 aliphatic rings. The Morgan fingerprint density at radius 2 is 2.06 bits per heavy atom. The molecule has 0 N–H and O–H groups in total. The number of aromatic nitrogens is 4. The van der Waals surface area contributed by atoms with E-state index >= 15 is 0 Å². The van der Waals surface area contributed by atoms with Gasteiger partial charge in [0.15, 0.2) is 11.5 Å². The summed E-state index contributed by atoms with van der Waals surface area (Å²) in [5.41, 5.74) is 1.66. The predicted molar refractivity (Wildman–Crippen MR) is 68.9 cm³/mol. The van der Waals surface area contributed by atoms with E-state index in [1.807, 2.05) is 12.3 Å². The van der Waals surface area contributed by atoms with Crippen molar-refractivity contribution in [3.63, 3.8) is 0 Å². The Bertz CT molecular complexity index is 703. The Balaban J connectivity index is 2.31. The highest BCUT2D eigenvalue weighted by molar-refractivity contribution is 7.14. The highest BCUT2D eigenvalue weighted by atomic mass is 35.5. The SMILES string of the molecule is Cc1csc(-c2nnc3ccc(Cl)nn23)c1Cl. The Kier molecular flexibility index (Phi) is 2.54. The lowest BCUT2D eigenvalue weighted by molar-refractivity contribution is 0.939. The van der Waals surface area contributed by atoms with Gasteiger partial charge in [0, 0.05) is 0 Å². The molecular weight excluding hydrogens is 279 g/mol. The third-order valence-corrected chi connectivity index (χ3v) is 4.23. The van der Waals surface area contributed by atoms with E-state index in [0.717, 1.165) is 10.4 Å². The fourth-order valence-electron chi connectivity index (χ4n) is 1.49. The molecule has 0 saturated heterocycles. The zero-order valence-corrected chi connectivity index (χ0v) is 11.0. The quantitative estimate of drug-likeness (QED) is 0.687. The zero-order chi connectivity index (χ0) is 12.0. The maximum Gasteiger partial charge on any atom is 0.196 e. The predicted octanol–water partition coefficient (Wildman–Crippen LogP) is 3.47. The van der Waals surface area contributed by atoms with Gasteiger partial charge in [0.2, 0.25) is 0 Å². The van der Waals surface area contributed by atoms with Gasteiger partial charge in [-0.2, -0.15) is 9.61 Å². The van der Waals surface area contributed by atoms with Crippen LogP contribution in [0.5, 0.6) is 0 Å². The number of hydrogen-bond donors (Lipinski definition) is 0. The summed E-state index contributed by atoms with van der Waals surface area (Å²) in [6.45, 7) is 1.95. The topological polar surface area (TPSA) is 43.1 Å². The van der Waals surface area contributed by atoms with Gasteiger partial charge >= 0.3 is 0 Å². The van der Waals surface area contributed by atoms with E-state index in [1.54, 1.807) is 16.6 Å². The average Bonchev–Trinajstić information content (AvgIpc) is 2.84. The van der Waals surface area contributed by atoms with Crippen molar-refractivity contribution >= 4 is 40.2 Å². The van der Waals surface area contributed by atoms with Crippen LogP contribution < -0.4 is 0 Å². The molecule has 0 aromatic carbocycles. The molecular formula is C10H6Cl2N4S. The summed E-state index contributed by atoms with van der Waals surface area (Å²) in [5.74, 6) is 0.616. The first-order valence-electron chi connectivity index (χ1n) is 4.79. The second kappa shape index (κ2) is 3.94. The Morgan fingerprint density at radius 1 is 1.24 bits per heavy atom. The van der Waals surface area contributed by atoms with Crippen LogP contribution in [-0.4, -0.2) is 19.8 Å². The minimum atomic E-state index is 0.392. The van der Waals surface area contributed by atoms with Gasteiger partial charge in [-0.3, -0.25) is 0 Å². The fraction of sp³-hybridized carbons (Fsp3) is 0.100. The van der Waals surface area contributed by atoms with E-state index in [0.29, 0.717) is 21.6 Å². The minimum absolute atomic E-state index is 0.392. The standard InChI is InChI=1S/C10H6Cl2N4S/c1-5-4-17-9(8(5)12)10-14-13-7-3-2-6(11)15-16(7)10/h2-4H,1H3. The van der Waals surface area contributed by atoms with Crippen molar-refractivity contribution < 1.29 is 0 Å². The van der Waals surface area contributed by atoms with Crippen LogP contribution in [0.15, 0.2) is 17.5 Å². The van der Waals surface area contributed by atoms with Crippen molar-refractivity contribution in [3.05, 3.63) is 33.3 Å². The van der Waals surface area contributed by atoms with Gasteiger partial charge in [-0.05, 0) is 30.0 Å². The number of fused-ring (bicyclic) bond motifs is 1. The van der Waals surface area contributed by atoms with Gasteiger partial charge in [0.05, 0.1) is 9.90 Å². The van der Waals surface area contributed by atoms with Gasteiger partial charge in [-0.15, -0.1) is 21.5 Å². The molecule has 17 heavy (non-hydrogen) atoms. The Labute approximate surface area is 111 Å². The first-order valence-corrected chi connectivity index (χ1v) is 6.42. The molecule has 3 heterocycles. The van der Waals surface area contributed by atoms with Gasteiger partial charge in [-0.1, -0.05) is 23.2 Å². The van der Waals surface area contributed by atoms with Crippen LogP contribution in [0.3, 0.4) is 0 Å². The maximum atomic E-state index is 6.21. The molecule has 0 aliphatic carbocycles. The first kappa shape index (κ1) is 11.0. The van der Waals surface area contributed by atoms with Crippen LogP contribution in [0.2, 0.25) is 10.2 Å². The van der Waals surface area contributed by atoms with Crippen molar-refractivity contribution in [2.45, 2.75) is 6.92 Å². The molecule has 0 aliphatic heterocycles. The molecule has 3 rings (SSSR count). The van der Waals surface area contributed by atoms with E-state index in [4.69, 9.17) is 23.2 Å². The van der Waals surface area contributed by atoms with Gasteiger partial charge in [0.25, 0.3) is 0 Å². The maximum absolute atomic E-state index is 6.21. The lowest BCUT2D eigenvalue weighted by Crippen LogP contribution is -1.93. The minimum Gasteiger partial charge on any atom is -0.190 e. The van der Waals surface area contributed by atoms with Crippen molar-refractivity contribution in [3.8, 4) is 10.7 Å². The number of thiophene rings is 1. The molecule has 0 spiro atoms. The smallest absolute Gasteiger partial charge is 0.190 e. The van der Waals surface area contributed by atoms with Crippen LogP contribution in [0, 0.1) is 6.92 Å². The zero-order valence-electron chi connectivity index (χ0n) is 8.69. The van der Waals surface area contributed by atoms with E-state index in [1.165, 1.54) is 11.3 Å². The first-order chi connectivity index (χ1) is 8.16. The summed E-state index contributed by atoms with van der Waals surface area (Å²) >= 11 is 13.6. The van der Waals surface area contributed by atoms with E-state index < -0.39 is 0 Å². The summed E-state index contributed by atoms with van der Waals surface area (Å²) in [5, 5.41) is 15.3. The molecule has 4 nitrogen and oxygen atoms in total. The fourth-order valence-corrected chi connectivity index (χ4v) is 2.87. The van der Waals surface area contributed by atoms with Gasteiger partial charge < -0.3 is 0 Å². The summed E-state index contributed by atoms with van der Waals surface area (Å²) in [6, 6.07) is 3.44. The Hall–Kier alpha value is -1.17. The second-order valence-electron chi connectivity index (χ2n) is 3.51. The third kappa shape index (κ3) is 1.71. The number of rotatable bonds is 1. The Morgan fingerprint density at radius 3 is 2.76 bits per heavy atom. The second-order valence-corrected chi connectivity index (χ2v) is 5.16. The molecule has 0 radical (unpaired) electrons. The summed E-state index contributed by atoms with van der Waals surface area (Å²) < 4.78 is 1.60. The van der Waals surface area contributed by atoms with Crippen LogP contribution >= 0.6 is 34.5 Å². The molecule has 3 aromatic rings. The summed E-state index contributed by atoms with van der Waals surface area (Å²) in [7, 11) is 0.